The first kappa shape index (κ1) is 9.53. The van der Waals surface area contributed by atoms with Gasteiger partial charge in [-0.3, -0.25) is 0 Å². The molecule has 0 amide bonds. The standard InChI is InChI=1S/C12H17NO/c1-3-14-10-6-4-9-5-7-12(13-2)11(9)8-10/h4,6,8,12-13H,3,5,7H2,1-2H3. The monoisotopic (exact) mass is 191 g/mol. The Morgan fingerprint density at radius 1 is 1.50 bits per heavy atom. The van der Waals surface area contributed by atoms with Crippen LogP contribution in [0.4, 0.5) is 0 Å². The van der Waals surface area contributed by atoms with Crippen LogP contribution < -0.4 is 10.1 Å². The lowest BCUT2D eigenvalue weighted by molar-refractivity contribution is 0.339. The van der Waals surface area contributed by atoms with Crippen LogP contribution in [0.2, 0.25) is 0 Å². The van der Waals surface area contributed by atoms with E-state index in [1.165, 1.54) is 24.0 Å². The molecule has 2 rings (SSSR count). The van der Waals surface area contributed by atoms with Crippen molar-refractivity contribution in [3.8, 4) is 5.75 Å². The lowest BCUT2D eigenvalue weighted by Gasteiger charge is -2.11. The van der Waals surface area contributed by atoms with E-state index in [1.54, 1.807) is 0 Å². The summed E-state index contributed by atoms with van der Waals surface area (Å²) in [6.07, 6.45) is 2.40. The van der Waals surface area contributed by atoms with Crippen molar-refractivity contribution in [1.82, 2.24) is 5.32 Å². The molecule has 0 aliphatic heterocycles. The summed E-state index contributed by atoms with van der Waals surface area (Å²) in [6, 6.07) is 6.95. The van der Waals surface area contributed by atoms with E-state index in [1.807, 2.05) is 14.0 Å². The molecule has 14 heavy (non-hydrogen) atoms. The van der Waals surface area contributed by atoms with Gasteiger partial charge in [-0.1, -0.05) is 6.07 Å². The molecule has 0 saturated carbocycles. The maximum Gasteiger partial charge on any atom is 0.119 e. The Balaban J connectivity index is 2.28. The minimum absolute atomic E-state index is 0.519. The van der Waals surface area contributed by atoms with Gasteiger partial charge in [0.05, 0.1) is 6.61 Å². The maximum absolute atomic E-state index is 5.50. The van der Waals surface area contributed by atoms with Crippen molar-refractivity contribution in [1.29, 1.82) is 0 Å². The molecular formula is C12H17NO. The topological polar surface area (TPSA) is 21.3 Å². The lowest BCUT2D eigenvalue weighted by Crippen LogP contribution is -2.12. The second-order valence-electron chi connectivity index (χ2n) is 3.67. The molecule has 0 heterocycles. The van der Waals surface area contributed by atoms with Crippen LogP contribution in [-0.2, 0) is 6.42 Å². The number of benzene rings is 1. The first-order valence-electron chi connectivity index (χ1n) is 5.28. The van der Waals surface area contributed by atoms with Crippen molar-refractivity contribution >= 4 is 0 Å². The fourth-order valence-corrected chi connectivity index (χ4v) is 2.14. The number of ether oxygens (including phenoxy) is 1. The van der Waals surface area contributed by atoms with Gasteiger partial charge >= 0.3 is 0 Å². The molecule has 1 atom stereocenters. The Hall–Kier alpha value is -1.02. The number of aryl methyl sites for hydroxylation is 1. The minimum Gasteiger partial charge on any atom is -0.494 e. The Morgan fingerprint density at radius 3 is 3.07 bits per heavy atom. The van der Waals surface area contributed by atoms with E-state index < -0.39 is 0 Å². The van der Waals surface area contributed by atoms with Gasteiger partial charge in [0.25, 0.3) is 0 Å². The Labute approximate surface area is 85.3 Å². The second kappa shape index (κ2) is 4.01. The van der Waals surface area contributed by atoms with Crippen molar-refractivity contribution in [3.63, 3.8) is 0 Å². The first-order valence-corrected chi connectivity index (χ1v) is 5.28. The van der Waals surface area contributed by atoms with Crippen LogP contribution in [0.25, 0.3) is 0 Å². The van der Waals surface area contributed by atoms with Crippen molar-refractivity contribution in [2.75, 3.05) is 13.7 Å². The van der Waals surface area contributed by atoms with Crippen LogP contribution in [0.3, 0.4) is 0 Å². The van der Waals surface area contributed by atoms with Crippen LogP contribution in [0.1, 0.15) is 30.5 Å². The molecule has 1 aliphatic carbocycles. The third kappa shape index (κ3) is 1.62. The van der Waals surface area contributed by atoms with Crippen LogP contribution in [0.5, 0.6) is 5.75 Å². The van der Waals surface area contributed by atoms with Crippen LogP contribution in [-0.4, -0.2) is 13.7 Å². The van der Waals surface area contributed by atoms with Crippen LogP contribution in [0.15, 0.2) is 18.2 Å². The molecule has 1 unspecified atom stereocenters. The Morgan fingerprint density at radius 2 is 2.36 bits per heavy atom. The van der Waals surface area contributed by atoms with Crippen molar-refractivity contribution in [2.24, 2.45) is 0 Å². The molecule has 0 spiro atoms. The molecule has 0 radical (unpaired) electrons. The molecule has 0 bridgehead atoms. The number of hydrogen-bond acceptors (Lipinski definition) is 2. The highest BCUT2D eigenvalue weighted by Crippen LogP contribution is 2.33. The summed E-state index contributed by atoms with van der Waals surface area (Å²) in [5.41, 5.74) is 2.88. The van der Waals surface area contributed by atoms with Gasteiger partial charge in [-0.15, -0.1) is 0 Å². The highest BCUT2D eigenvalue weighted by molar-refractivity contribution is 5.40. The summed E-state index contributed by atoms with van der Waals surface area (Å²) in [5.74, 6) is 0.994. The Bertz CT molecular complexity index is 322. The molecule has 1 aromatic rings. The normalized spacial score (nSPS) is 19.4. The molecule has 2 nitrogen and oxygen atoms in total. The van der Waals surface area contributed by atoms with E-state index in [0.29, 0.717) is 6.04 Å². The summed E-state index contributed by atoms with van der Waals surface area (Å²) in [4.78, 5) is 0. The predicted octanol–water partition coefficient (Wildman–Crippen LogP) is 2.29. The SMILES string of the molecule is CCOc1ccc2c(c1)C(NC)CC2. The van der Waals surface area contributed by atoms with Crippen LogP contribution >= 0.6 is 0 Å². The van der Waals surface area contributed by atoms with E-state index in [4.69, 9.17) is 4.74 Å². The average Bonchev–Trinajstić information content (AvgIpc) is 2.60. The minimum atomic E-state index is 0.519. The molecule has 0 aromatic heterocycles. The van der Waals surface area contributed by atoms with Gasteiger partial charge in [-0.05, 0) is 50.1 Å². The summed E-state index contributed by atoms with van der Waals surface area (Å²) in [5, 5.41) is 3.33. The van der Waals surface area contributed by atoms with Gasteiger partial charge in [0.1, 0.15) is 5.75 Å². The summed E-state index contributed by atoms with van der Waals surface area (Å²) >= 11 is 0. The zero-order chi connectivity index (χ0) is 9.97. The van der Waals surface area contributed by atoms with Crippen molar-refractivity contribution in [2.45, 2.75) is 25.8 Å². The van der Waals surface area contributed by atoms with Gasteiger partial charge < -0.3 is 10.1 Å². The molecule has 1 aromatic carbocycles. The zero-order valence-electron chi connectivity index (χ0n) is 8.84. The fourth-order valence-electron chi connectivity index (χ4n) is 2.14. The third-order valence-electron chi connectivity index (χ3n) is 2.85. The largest absolute Gasteiger partial charge is 0.494 e. The Kier molecular flexibility index (Phi) is 2.73. The molecular weight excluding hydrogens is 174 g/mol. The number of rotatable bonds is 3. The second-order valence-corrected chi connectivity index (χ2v) is 3.67. The van der Waals surface area contributed by atoms with Gasteiger partial charge in [0.2, 0.25) is 0 Å². The molecule has 0 fully saturated rings. The summed E-state index contributed by atoms with van der Waals surface area (Å²) < 4.78 is 5.50. The summed E-state index contributed by atoms with van der Waals surface area (Å²) in [7, 11) is 2.02. The molecule has 0 saturated heterocycles. The highest BCUT2D eigenvalue weighted by Gasteiger charge is 2.20. The zero-order valence-corrected chi connectivity index (χ0v) is 8.84. The number of nitrogens with one attached hydrogen (secondary N) is 1. The smallest absolute Gasteiger partial charge is 0.119 e. The number of fused-ring (bicyclic) bond motifs is 1. The van der Waals surface area contributed by atoms with Gasteiger partial charge in [-0.2, -0.15) is 0 Å². The molecule has 1 N–H and O–H groups in total. The van der Waals surface area contributed by atoms with Gasteiger partial charge in [-0.25, -0.2) is 0 Å². The lowest BCUT2D eigenvalue weighted by atomic mass is 10.1. The van der Waals surface area contributed by atoms with Crippen molar-refractivity contribution < 1.29 is 4.74 Å². The predicted molar refractivity (Wildman–Crippen MR) is 57.7 cm³/mol. The molecule has 2 heteroatoms. The first-order chi connectivity index (χ1) is 6.85. The molecule has 1 aliphatic rings. The van der Waals surface area contributed by atoms with Gasteiger partial charge in [0.15, 0.2) is 0 Å². The summed E-state index contributed by atoms with van der Waals surface area (Å²) in [6.45, 7) is 2.76. The fraction of sp³-hybridized carbons (Fsp3) is 0.500. The number of hydrogen-bond donors (Lipinski definition) is 1. The van der Waals surface area contributed by atoms with E-state index in [9.17, 15) is 0 Å². The highest BCUT2D eigenvalue weighted by atomic mass is 16.5. The molecule has 76 valence electrons. The van der Waals surface area contributed by atoms with E-state index in [-0.39, 0.29) is 0 Å². The van der Waals surface area contributed by atoms with E-state index >= 15 is 0 Å². The van der Waals surface area contributed by atoms with E-state index in [0.717, 1.165) is 12.4 Å². The maximum atomic E-state index is 5.50. The quantitative estimate of drug-likeness (QED) is 0.791. The van der Waals surface area contributed by atoms with E-state index in [2.05, 4.69) is 23.5 Å². The third-order valence-corrected chi connectivity index (χ3v) is 2.85. The van der Waals surface area contributed by atoms with Crippen molar-refractivity contribution in [3.05, 3.63) is 29.3 Å². The van der Waals surface area contributed by atoms with Gasteiger partial charge in [0, 0.05) is 6.04 Å². The average molecular weight is 191 g/mol. The van der Waals surface area contributed by atoms with Crippen LogP contribution in [0, 0.1) is 0 Å².